The molecule has 7 aromatic heterocycles. The number of para-hydroxylation sites is 7. The molecular weight excluding hydrogens is 1450 g/mol. The third-order valence-corrected chi connectivity index (χ3v) is 18.1. The fourth-order valence-electron chi connectivity index (χ4n) is 11.4. The van der Waals surface area contributed by atoms with Gasteiger partial charge in [0.05, 0.1) is 84.4 Å². The van der Waals surface area contributed by atoms with Gasteiger partial charge in [-0.15, -0.1) is 0 Å². The first-order chi connectivity index (χ1) is 56.1. The summed E-state index contributed by atoms with van der Waals surface area (Å²) in [6.07, 6.45) is 12.6. The summed E-state index contributed by atoms with van der Waals surface area (Å²) in [5.74, 6) is 9.67. The van der Waals surface area contributed by atoms with Crippen molar-refractivity contribution in [2.45, 2.75) is 153 Å². The predicted octanol–water partition coefficient (Wildman–Crippen LogP) is 22.1. The number of unbranched alkanes of at least 4 members (excludes halogenated alkanes) is 6. The molecule has 0 saturated heterocycles. The highest BCUT2D eigenvalue weighted by Crippen LogP contribution is 2.32. The van der Waals surface area contributed by atoms with E-state index >= 15 is 0 Å². The van der Waals surface area contributed by atoms with Crippen LogP contribution in [0.15, 0.2) is 212 Å². The van der Waals surface area contributed by atoms with Crippen molar-refractivity contribution in [3.8, 4) is 40.2 Å². The van der Waals surface area contributed by atoms with Gasteiger partial charge >= 0.3 is 0 Å². The number of fused-ring (bicyclic) bond motifs is 7. The van der Waals surface area contributed by atoms with E-state index in [9.17, 15) is 0 Å². The van der Waals surface area contributed by atoms with Gasteiger partial charge in [0.1, 0.15) is 0 Å². The van der Waals surface area contributed by atoms with Crippen LogP contribution in [0, 0.1) is 17.8 Å². The molecule has 612 valence electrons. The lowest BCUT2D eigenvalue weighted by Crippen LogP contribution is -2.09. The first-order valence-electron chi connectivity index (χ1n) is 40.6. The van der Waals surface area contributed by atoms with Crippen LogP contribution in [0.5, 0.6) is 40.2 Å². The van der Waals surface area contributed by atoms with Crippen LogP contribution in [0.25, 0.3) is 76.3 Å². The quantitative estimate of drug-likeness (QED) is 0.0224. The van der Waals surface area contributed by atoms with Crippen molar-refractivity contribution in [2.75, 3.05) is 79.8 Å². The number of nitrogen functional groups attached to an aromatic ring is 7. The Kier molecular flexibility index (Phi) is 36.4. The van der Waals surface area contributed by atoms with Crippen LogP contribution in [-0.2, 0) is 0 Å². The van der Waals surface area contributed by atoms with Crippen molar-refractivity contribution in [3.05, 3.63) is 212 Å². The Hall–Kier alpha value is -12.4. The first kappa shape index (κ1) is 89.2. The van der Waals surface area contributed by atoms with Gasteiger partial charge in [-0.1, -0.05) is 235 Å². The molecule has 0 aliphatic carbocycles. The van der Waals surface area contributed by atoms with E-state index in [2.05, 4.69) is 97.2 Å². The van der Waals surface area contributed by atoms with Crippen molar-refractivity contribution in [3.63, 3.8) is 0 Å². The van der Waals surface area contributed by atoms with Crippen molar-refractivity contribution in [1.29, 1.82) is 0 Å². The third kappa shape index (κ3) is 28.9. The highest BCUT2D eigenvalue weighted by atomic mass is 16.5. The van der Waals surface area contributed by atoms with Crippen molar-refractivity contribution in [2.24, 2.45) is 17.8 Å². The topological polar surface area (TPSA) is 337 Å². The van der Waals surface area contributed by atoms with Crippen LogP contribution in [0.3, 0.4) is 0 Å². The maximum Gasteiger partial charge on any atom is 0.166 e. The van der Waals surface area contributed by atoms with Crippen molar-refractivity contribution < 1.29 is 33.2 Å². The Balaban J connectivity index is 0.000000169. The van der Waals surface area contributed by atoms with E-state index in [1.165, 1.54) is 32.1 Å². The molecule has 7 heterocycles. The van der Waals surface area contributed by atoms with Gasteiger partial charge in [0.15, 0.2) is 81.0 Å². The molecule has 21 nitrogen and oxygen atoms in total. The number of rotatable bonds is 28. The number of hydrogen-bond acceptors (Lipinski definition) is 21. The minimum atomic E-state index is 0.107. The largest absolute Gasteiger partial charge is 0.490 e. The Morgan fingerprint density at radius 3 is 0.776 bits per heavy atom. The molecule has 0 saturated carbocycles. The summed E-state index contributed by atoms with van der Waals surface area (Å²) in [6, 6.07) is 68.9. The fraction of sp³-hybridized carbons (Fsp3) is 0.337. The second-order valence-corrected chi connectivity index (χ2v) is 29.3. The van der Waals surface area contributed by atoms with Crippen LogP contribution in [0.2, 0.25) is 0 Å². The molecule has 14 N–H and O–H groups in total. The first-order valence-corrected chi connectivity index (χ1v) is 40.6. The Labute approximate surface area is 684 Å². The fourth-order valence-corrected chi connectivity index (χ4v) is 11.4. The van der Waals surface area contributed by atoms with E-state index in [0.29, 0.717) is 138 Å². The molecule has 0 aliphatic rings. The molecule has 14 rings (SSSR count). The lowest BCUT2D eigenvalue weighted by atomic mass is 10.1. The van der Waals surface area contributed by atoms with E-state index in [0.717, 1.165) is 115 Å². The number of nitrogens with zero attached hydrogens (tertiary/aromatic N) is 7. The number of aromatic nitrogens is 7. The molecule has 14 aromatic rings. The monoisotopic (exact) mass is 1570 g/mol. The SMILES string of the molecule is CC(C)CCOc1cc2ccccc2nc1N.CC(C)COc1cc2ccccc2nc1N.CC(C)Oc1cc2ccccc2nc1N.CCCCCCOc1cc2ccccc2nc1N.CCCCCOc1cc2ccccc2nc1N.CCCCOc1cc2ccccc2nc1N.CC[C@H](C)COc1cc2ccccc2nc1N. The average Bonchev–Trinajstić information content (AvgIpc) is 0.889. The van der Waals surface area contributed by atoms with E-state index in [-0.39, 0.29) is 6.10 Å². The Bertz CT molecular complexity index is 5320. The van der Waals surface area contributed by atoms with Gasteiger partial charge in [-0.3, -0.25) is 0 Å². The van der Waals surface area contributed by atoms with E-state index < -0.39 is 0 Å². The van der Waals surface area contributed by atoms with E-state index in [4.69, 9.17) is 73.3 Å². The molecule has 0 aliphatic heterocycles. The number of hydrogen-bond donors (Lipinski definition) is 7. The lowest BCUT2D eigenvalue weighted by molar-refractivity contribution is 0.243. The predicted molar refractivity (Wildman–Crippen MR) is 484 cm³/mol. The minimum Gasteiger partial charge on any atom is -0.490 e. The standard InChI is InChI=1S/C15H20N2O.3C14H18N2O.2C13H16N2O.C12H14N2O/c1-2-3-4-7-10-18-14-11-12-8-5-6-9-13(12)17-15(14)16;1-10(2)7-8-17-13-9-11-5-3-4-6-12(11)16-14(13)15;1-3-10(2)9-17-13-8-11-6-4-5-7-12(11)16-14(13)15;1-2-3-6-9-17-13-10-11-7-4-5-8-12(11)16-14(13)15;1-9(2)8-16-12-7-10-5-3-4-6-11(10)15-13(12)14;1-2-3-8-16-12-9-10-6-4-5-7-11(10)15-13(12)14;1-8(2)15-11-7-9-5-3-4-6-10(9)14-12(11)13/h5-6,8-9,11H,2-4,7,10H2,1H3,(H2,16,17);3-6,9-10H,7-8H2,1-2H3,(H2,15,16);4-8,10H,3,9H2,1-2H3,(H2,15,16);4-5,7-8,10H,2-3,6,9H2,1H3,(H2,15,16);3-7,9H,8H2,1-2H3,(H2,14,15);4-7,9H,2-3,8H2,1H3,(H2,14,15);3-8H,1-2H3,(H2,13,14)/t;;10-;;;;/m..0..../s1. The summed E-state index contributed by atoms with van der Waals surface area (Å²) in [5, 5.41) is 7.39. The zero-order valence-corrected chi connectivity index (χ0v) is 69.6. The second kappa shape index (κ2) is 47.3. The lowest BCUT2D eigenvalue weighted by Gasteiger charge is -2.12. The summed E-state index contributed by atoms with van der Waals surface area (Å²) in [5.41, 5.74) is 47.3. The smallest absolute Gasteiger partial charge is 0.166 e. The van der Waals surface area contributed by atoms with Gasteiger partial charge < -0.3 is 73.3 Å². The van der Waals surface area contributed by atoms with Gasteiger partial charge in [-0.05, 0) is 142 Å². The normalized spacial score (nSPS) is 11.1. The average molecular weight is 1570 g/mol. The summed E-state index contributed by atoms with van der Waals surface area (Å²) < 4.78 is 39.5. The summed E-state index contributed by atoms with van der Waals surface area (Å²) in [4.78, 5) is 30.2. The second-order valence-electron chi connectivity index (χ2n) is 29.3. The Morgan fingerprint density at radius 2 is 0.500 bits per heavy atom. The molecular formula is C95H120N14O7. The zero-order chi connectivity index (χ0) is 83.1. The number of anilines is 7. The number of nitrogens with two attached hydrogens (primary N) is 7. The zero-order valence-electron chi connectivity index (χ0n) is 69.6. The van der Waals surface area contributed by atoms with Gasteiger partial charge in [0.2, 0.25) is 0 Å². The van der Waals surface area contributed by atoms with Gasteiger partial charge in [-0.25, -0.2) is 34.9 Å². The molecule has 0 fully saturated rings. The molecule has 0 unspecified atom stereocenters. The van der Waals surface area contributed by atoms with Crippen molar-refractivity contribution >= 4 is 117 Å². The molecule has 116 heavy (non-hydrogen) atoms. The summed E-state index contributed by atoms with van der Waals surface area (Å²) in [7, 11) is 0. The summed E-state index contributed by atoms with van der Waals surface area (Å²) >= 11 is 0. The van der Waals surface area contributed by atoms with Gasteiger partial charge in [0, 0.05) is 37.7 Å². The molecule has 7 aromatic carbocycles. The maximum absolute atomic E-state index is 5.89. The molecule has 0 radical (unpaired) electrons. The van der Waals surface area contributed by atoms with Crippen LogP contribution >= 0.6 is 0 Å². The van der Waals surface area contributed by atoms with Crippen LogP contribution in [0.1, 0.15) is 147 Å². The minimum absolute atomic E-state index is 0.107. The highest BCUT2D eigenvalue weighted by Gasteiger charge is 2.13. The number of pyridine rings is 7. The Morgan fingerprint density at radius 1 is 0.259 bits per heavy atom. The van der Waals surface area contributed by atoms with Crippen molar-refractivity contribution in [1.82, 2.24) is 34.9 Å². The molecule has 21 heteroatoms. The van der Waals surface area contributed by atoms with Crippen LogP contribution in [-0.4, -0.2) is 80.6 Å². The van der Waals surface area contributed by atoms with Crippen LogP contribution < -0.4 is 73.3 Å². The van der Waals surface area contributed by atoms with Crippen LogP contribution in [0.4, 0.5) is 40.7 Å². The van der Waals surface area contributed by atoms with Gasteiger partial charge in [-0.2, -0.15) is 0 Å². The molecule has 0 bridgehead atoms. The third-order valence-electron chi connectivity index (χ3n) is 18.1. The van der Waals surface area contributed by atoms with E-state index in [1.807, 2.05) is 226 Å². The maximum atomic E-state index is 5.89. The molecule has 0 spiro atoms. The molecule has 1 atom stereocenters. The molecule has 0 amide bonds. The van der Waals surface area contributed by atoms with E-state index in [1.54, 1.807) is 0 Å². The van der Waals surface area contributed by atoms with Gasteiger partial charge in [0.25, 0.3) is 0 Å². The number of benzene rings is 7. The summed E-state index contributed by atoms with van der Waals surface area (Å²) in [6.45, 7) is 27.4. The number of ether oxygens (including phenoxy) is 7. The highest BCUT2D eigenvalue weighted by molar-refractivity contribution is 5.87.